The van der Waals surface area contributed by atoms with Crippen molar-refractivity contribution in [2.75, 3.05) is 16.4 Å². The number of hydrogen-bond acceptors (Lipinski definition) is 8. The number of hydrogen-bond donors (Lipinski definition) is 3. The lowest BCUT2D eigenvalue weighted by Crippen LogP contribution is -2.05. The van der Waals surface area contributed by atoms with Crippen LogP contribution in [0.4, 0.5) is 28.8 Å². The van der Waals surface area contributed by atoms with E-state index in [1.807, 2.05) is 6.07 Å². The number of anilines is 5. The first-order chi connectivity index (χ1) is 11.5. The number of ketones is 1. The normalized spacial score (nSPS) is 10.4. The first kappa shape index (κ1) is 15.5. The molecule has 2 heterocycles. The van der Waals surface area contributed by atoms with Crippen molar-refractivity contribution in [3.63, 3.8) is 0 Å². The summed E-state index contributed by atoms with van der Waals surface area (Å²) in [6, 6.07) is 8.82. The molecule has 0 aliphatic rings. The Kier molecular flexibility index (Phi) is 4.11. The standard InChI is InChI=1S/C16H16N6O2/c1-9-6-13(22-24-9)21-16-14(17)15(18-8-19-16)20-12-5-3-4-11(7-12)10(2)23/h3-8H,17H2,1-2H3,(H2,18,19,20,21,22). The van der Waals surface area contributed by atoms with E-state index in [1.165, 1.54) is 13.3 Å². The number of carbonyl (C=O) groups is 1. The van der Waals surface area contributed by atoms with Gasteiger partial charge >= 0.3 is 0 Å². The number of aryl methyl sites for hydroxylation is 1. The van der Waals surface area contributed by atoms with Gasteiger partial charge in [0, 0.05) is 17.3 Å². The maximum atomic E-state index is 11.5. The van der Waals surface area contributed by atoms with E-state index in [9.17, 15) is 4.79 Å². The van der Waals surface area contributed by atoms with Crippen LogP contribution < -0.4 is 16.4 Å². The van der Waals surface area contributed by atoms with Gasteiger partial charge in [-0.25, -0.2) is 9.97 Å². The van der Waals surface area contributed by atoms with Crippen LogP contribution in [-0.2, 0) is 0 Å². The van der Waals surface area contributed by atoms with E-state index in [2.05, 4.69) is 25.8 Å². The molecule has 122 valence electrons. The number of Topliss-reactive ketones (excluding diaryl/α,β-unsaturated/α-hetero) is 1. The SMILES string of the molecule is CC(=O)c1cccc(Nc2ncnc(Nc3cc(C)on3)c2N)c1. The minimum atomic E-state index is -0.0157. The number of rotatable bonds is 5. The molecule has 0 atom stereocenters. The van der Waals surface area contributed by atoms with Crippen LogP contribution in [0.1, 0.15) is 23.0 Å². The molecule has 3 rings (SSSR count). The largest absolute Gasteiger partial charge is 0.393 e. The highest BCUT2D eigenvalue weighted by molar-refractivity contribution is 5.95. The van der Waals surface area contributed by atoms with Gasteiger partial charge in [0.05, 0.1) is 0 Å². The summed E-state index contributed by atoms with van der Waals surface area (Å²) in [7, 11) is 0. The highest BCUT2D eigenvalue weighted by Gasteiger charge is 2.11. The fraction of sp³-hybridized carbons (Fsp3) is 0.125. The van der Waals surface area contributed by atoms with Crippen molar-refractivity contribution in [3.8, 4) is 0 Å². The molecule has 0 bridgehead atoms. The molecule has 0 saturated carbocycles. The Balaban J connectivity index is 1.85. The summed E-state index contributed by atoms with van der Waals surface area (Å²) in [6.45, 7) is 3.30. The zero-order valence-electron chi connectivity index (χ0n) is 13.2. The lowest BCUT2D eigenvalue weighted by molar-refractivity contribution is 0.101. The molecule has 0 spiro atoms. The summed E-state index contributed by atoms with van der Waals surface area (Å²) >= 11 is 0. The molecule has 2 aromatic heterocycles. The van der Waals surface area contributed by atoms with E-state index >= 15 is 0 Å². The molecule has 0 unspecified atom stereocenters. The van der Waals surface area contributed by atoms with E-state index in [1.54, 1.807) is 31.2 Å². The Morgan fingerprint density at radius 1 is 1.17 bits per heavy atom. The first-order valence-corrected chi connectivity index (χ1v) is 7.22. The maximum absolute atomic E-state index is 11.5. The van der Waals surface area contributed by atoms with Gasteiger partial charge in [-0.1, -0.05) is 17.3 Å². The molecule has 0 radical (unpaired) electrons. The number of nitrogen functional groups attached to an aromatic ring is 1. The Bertz CT molecular complexity index is 890. The smallest absolute Gasteiger partial charge is 0.175 e. The van der Waals surface area contributed by atoms with Gasteiger partial charge in [0.1, 0.15) is 17.8 Å². The number of carbonyl (C=O) groups excluding carboxylic acids is 1. The highest BCUT2D eigenvalue weighted by atomic mass is 16.5. The summed E-state index contributed by atoms with van der Waals surface area (Å²) in [4.78, 5) is 19.7. The van der Waals surface area contributed by atoms with Crippen molar-refractivity contribution in [1.29, 1.82) is 0 Å². The monoisotopic (exact) mass is 324 g/mol. The quantitative estimate of drug-likeness (QED) is 0.613. The summed E-state index contributed by atoms with van der Waals surface area (Å²) < 4.78 is 4.99. The number of nitrogens with zero attached hydrogens (tertiary/aromatic N) is 3. The fourth-order valence-electron chi connectivity index (χ4n) is 2.09. The number of aromatic nitrogens is 3. The van der Waals surface area contributed by atoms with Crippen molar-refractivity contribution in [2.45, 2.75) is 13.8 Å². The van der Waals surface area contributed by atoms with Gasteiger partial charge in [0.25, 0.3) is 0 Å². The molecular formula is C16H16N6O2. The second-order valence-electron chi connectivity index (χ2n) is 5.19. The van der Waals surface area contributed by atoms with Crippen LogP contribution >= 0.6 is 0 Å². The van der Waals surface area contributed by atoms with Gasteiger partial charge in [0.15, 0.2) is 23.2 Å². The molecule has 0 amide bonds. The molecule has 0 aliphatic carbocycles. The molecule has 24 heavy (non-hydrogen) atoms. The zero-order chi connectivity index (χ0) is 17.1. The third-order valence-corrected chi connectivity index (χ3v) is 3.29. The predicted octanol–water partition coefficient (Wildman–Crippen LogP) is 3.05. The van der Waals surface area contributed by atoms with Crippen LogP contribution in [0.5, 0.6) is 0 Å². The van der Waals surface area contributed by atoms with Crippen LogP contribution in [0.25, 0.3) is 0 Å². The van der Waals surface area contributed by atoms with Gasteiger partial charge in [-0.2, -0.15) is 0 Å². The fourth-order valence-corrected chi connectivity index (χ4v) is 2.09. The average Bonchev–Trinajstić information content (AvgIpc) is 2.96. The Morgan fingerprint density at radius 3 is 2.58 bits per heavy atom. The van der Waals surface area contributed by atoms with E-state index in [-0.39, 0.29) is 5.78 Å². The molecule has 1 aromatic carbocycles. The molecule has 0 saturated heterocycles. The van der Waals surface area contributed by atoms with Crippen molar-refractivity contribution >= 4 is 34.6 Å². The second kappa shape index (κ2) is 6.37. The van der Waals surface area contributed by atoms with E-state index < -0.39 is 0 Å². The molecule has 3 aromatic rings. The van der Waals surface area contributed by atoms with Gasteiger partial charge in [-0.05, 0) is 26.0 Å². The van der Waals surface area contributed by atoms with Crippen molar-refractivity contribution < 1.29 is 9.32 Å². The molecule has 0 aliphatic heterocycles. The summed E-state index contributed by atoms with van der Waals surface area (Å²) in [5.41, 5.74) is 7.74. The molecule has 4 N–H and O–H groups in total. The van der Waals surface area contributed by atoms with Gasteiger partial charge < -0.3 is 20.9 Å². The first-order valence-electron chi connectivity index (χ1n) is 7.22. The zero-order valence-corrected chi connectivity index (χ0v) is 13.2. The molecule has 8 nitrogen and oxygen atoms in total. The highest BCUT2D eigenvalue weighted by Crippen LogP contribution is 2.28. The van der Waals surface area contributed by atoms with E-state index in [0.717, 1.165) is 0 Å². The van der Waals surface area contributed by atoms with Crippen molar-refractivity contribution in [3.05, 3.63) is 48.0 Å². The van der Waals surface area contributed by atoms with Crippen LogP contribution in [0, 0.1) is 6.92 Å². The minimum absolute atomic E-state index is 0.0157. The minimum Gasteiger partial charge on any atom is -0.393 e. The second-order valence-corrected chi connectivity index (χ2v) is 5.19. The lowest BCUT2D eigenvalue weighted by atomic mass is 10.1. The number of nitrogens with one attached hydrogen (secondary N) is 2. The van der Waals surface area contributed by atoms with Crippen LogP contribution in [0.3, 0.4) is 0 Å². The topological polar surface area (TPSA) is 119 Å². The lowest BCUT2D eigenvalue weighted by Gasteiger charge is -2.11. The van der Waals surface area contributed by atoms with E-state index in [0.29, 0.717) is 40.2 Å². The Hall–Kier alpha value is -3.42. The van der Waals surface area contributed by atoms with Crippen molar-refractivity contribution in [1.82, 2.24) is 15.1 Å². The molecule has 0 fully saturated rings. The van der Waals surface area contributed by atoms with Crippen molar-refractivity contribution in [2.24, 2.45) is 0 Å². The predicted molar refractivity (Wildman–Crippen MR) is 90.7 cm³/mol. The Labute approximate surface area is 138 Å². The summed E-state index contributed by atoms with van der Waals surface area (Å²) in [5.74, 6) is 1.99. The van der Waals surface area contributed by atoms with Gasteiger partial charge in [-0.15, -0.1) is 0 Å². The number of benzene rings is 1. The maximum Gasteiger partial charge on any atom is 0.175 e. The number of nitrogens with two attached hydrogens (primary N) is 1. The Morgan fingerprint density at radius 2 is 1.92 bits per heavy atom. The third-order valence-electron chi connectivity index (χ3n) is 3.29. The van der Waals surface area contributed by atoms with E-state index in [4.69, 9.17) is 10.3 Å². The average molecular weight is 324 g/mol. The molecular weight excluding hydrogens is 308 g/mol. The third kappa shape index (κ3) is 3.32. The summed E-state index contributed by atoms with van der Waals surface area (Å²) in [5, 5.41) is 9.90. The van der Waals surface area contributed by atoms with Gasteiger partial charge in [0.2, 0.25) is 0 Å². The van der Waals surface area contributed by atoms with Crippen LogP contribution in [-0.4, -0.2) is 20.9 Å². The summed E-state index contributed by atoms with van der Waals surface area (Å²) in [6.07, 6.45) is 1.38. The van der Waals surface area contributed by atoms with Crippen LogP contribution in [0.2, 0.25) is 0 Å². The van der Waals surface area contributed by atoms with Gasteiger partial charge in [-0.3, -0.25) is 4.79 Å². The molecule has 8 heteroatoms. The van der Waals surface area contributed by atoms with Crippen LogP contribution in [0.15, 0.2) is 41.2 Å².